The largest absolute Gasteiger partial charge is 0.491 e. The number of ether oxygens (including phenoxy) is 1. The highest BCUT2D eigenvalue weighted by molar-refractivity contribution is 6.28. The molecule has 11 heteroatoms. The normalized spacial score (nSPS) is 11.5. The Hall–Kier alpha value is -2.88. The van der Waals surface area contributed by atoms with E-state index in [0.717, 1.165) is 10.8 Å². The van der Waals surface area contributed by atoms with E-state index in [1.54, 1.807) is 6.07 Å². The van der Waals surface area contributed by atoms with Crippen LogP contribution in [-0.4, -0.2) is 26.6 Å². The Labute approximate surface area is 162 Å². The molecule has 2 aromatic heterocycles. The number of aromatic nitrogens is 4. The van der Waals surface area contributed by atoms with Gasteiger partial charge in [-0.1, -0.05) is 6.07 Å². The Morgan fingerprint density at radius 1 is 1.25 bits per heavy atom. The summed E-state index contributed by atoms with van der Waals surface area (Å²) >= 11 is 5.75. The Kier molecular flexibility index (Phi) is 5.41. The van der Waals surface area contributed by atoms with Crippen LogP contribution < -0.4 is 10.1 Å². The van der Waals surface area contributed by atoms with Crippen molar-refractivity contribution >= 4 is 17.4 Å². The van der Waals surface area contributed by atoms with Crippen LogP contribution in [0.15, 0.2) is 30.6 Å². The fraction of sp³-hybridized carbons (Fsp3) is 0.235. The number of anilines is 1. The van der Waals surface area contributed by atoms with Gasteiger partial charge >= 0.3 is 6.18 Å². The molecule has 0 aliphatic carbocycles. The van der Waals surface area contributed by atoms with Crippen LogP contribution in [0.2, 0.25) is 5.28 Å². The second kappa shape index (κ2) is 7.63. The van der Waals surface area contributed by atoms with Crippen molar-refractivity contribution in [3.05, 3.63) is 53.0 Å². The van der Waals surface area contributed by atoms with Gasteiger partial charge in [-0.15, -0.1) is 0 Å². The lowest BCUT2D eigenvalue weighted by atomic mass is 10.1. The first-order chi connectivity index (χ1) is 13.2. The van der Waals surface area contributed by atoms with Crippen LogP contribution in [0, 0.1) is 5.82 Å². The van der Waals surface area contributed by atoms with Crippen LogP contribution in [0.1, 0.15) is 11.3 Å². The lowest BCUT2D eigenvalue weighted by Crippen LogP contribution is -2.05. The molecule has 0 aliphatic rings. The van der Waals surface area contributed by atoms with Crippen LogP contribution in [0.3, 0.4) is 0 Å². The Bertz CT molecular complexity index is 1010. The number of rotatable bonds is 5. The summed E-state index contributed by atoms with van der Waals surface area (Å²) < 4.78 is 59.2. The first kappa shape index (κ1) is 19.9. The summed E-state index contributed by atoms with van der Waals surface area (Å²) in [4.78, 5) is 11.3. The maximum Gasteiger partial charge on any atom is 0.434 e. The average molecular weight is 416 g/mol. The molecule has 0 bridgehead atoms. The zero-order valence-electron chi connectivity index (χ0n) is 14.7. The SMILES string of the molecule is COc1cnc(Cl)nc1NCc1ccc(-c2nc(C(F)(F)F)cn2C)c(F)c1. The van der Waals surface area contributed by atoms with Gasteiger partial charge in [-0.2, -0.15) is 18.2 Å². The number of imidazole rings is 1. The highest BCUT2D eigenvalue weighted by Gasteiger charge is 2.34. The van der Waals surface area contributed by atoms with E-state index < -0.39 is 17.7 Å². The molecule has 0 radical (unpaired) electrons. The molecule has 28 heavy (non-hydrogen) atoms. The van der Waals surface area contributed by atoms with Crippen molar-refractivity contribution < 1.29 is 22.3 Å². The number of alkyl halides is 3. The second-order valence-electron chi connectivity index (χ2n) is 5.78. The van der Waals surface area contributed by atoms with Gasteiger partial charge in [-0.25, -0.2) is 14.4 Å². The number of hydrogen-bond donors (Lipinski definition) is 1. The highest BCUT2D eigenvalue weighted by Crippen LogP contribution is 2.31. The van der Waals surface area contributed by atoms with Crippen molar-refractivity contribution in [2.24, 2.45) is 7.05 Å². The molecule has 3 aromatic rings. The smallest absolute Gasteiger partial charge is 0.434 e. The summed E-state index contributed by atoms with van der Waals surface area (Å²) in [5, 5.41) is 2.96. The lowest BCUT2D eigenvalue weighted by Gasteiger charge is -2.11. The van der Waals surface area contributed by atoms with E-state index in [9.17, 15) is 17.6 Å². The van der Waals surface area contributed by atoms with Gasteiger partial charge in [0.05, 0.1) is 18.9 Å². The highest BCUT2D eigenvalue weighted by atomic mass is 35.5. The molecule has 0 fully saturated rings. The van der Waals surface area contributed by atoms with E-state index >= 15 is 0 Å². The van der Waals surface area contributed by atoms with E-state index in [1.807, 2.05) is 0 Å². The van der Waals surface area contributed by atoms with Crippen LogP contribution in [0.4, 0.5) is 23.4 Å². The summed E-state index contributed by atoms with van der Waals surface area (Å²) in [6.07, 6.45) is -2.40. The number of hydrogen-bond acceptors (Lipinski definition) is 5. The summed E-state index contributed by atoms with van der Waals surface area (Å²) in [6, 6.07) is 4.15. The van der Waals surface area contributed by atoms with E-state index in [0.29, 0.717) is 17.1 Å². The minimum absolute atomic E-state index is 0.0140. The fourth-order valence-electron chi connectivity index (χ4n) is 2.51. The number of nitrogens with zero attached hydrogens (tertiary/aromatic N) is 4. The number of halogens is 5. The van der Waals surface area contributed by atoms with Gasteiger partial charge in [0, 0.05) is 19.8 Å². The van der Waals surface area contributed by atoms with Crippen LogP contribution in [-0.2, 0) is 19.8 Å². The number of nitrogens with one attached hydrogen (secondary N) is 1. The maximum absolute atomic E-state index is 14.5. The first-order valence-electron chi connectivity index (χ1n) is 7.89. The van der Waals surface area contributed by atoms with Crippen molar-refractivity contribution in [3.63, 3.8) is 0 Å². The predicted molar refractivity (Wildman–Crippen MR) is 94.5 cm³/mol. The molecule has 3 rings (SSSR count). The summed E-state index contributed by atoms with van der Waals surface area (Å²) in [5.41, 5.74) is -0.587. The lowest BCUT2D eigenvalue weighted by molar-refractivity contribution is -0.140. The van der Waals surface area contributed by atoms with Gasteiger partial charge in [0.2, 0.25) is 5.28 Å². The zero-order valence-corrected chi connectivity index (χ0v) is 15.4. The number of methoxy groups -OCH3 is 1. The van der Waals surface area contributed by atoms with Gasteiger partial charge in [-0.05, 0) is 29.3 Å². The molecular formula is C17H14ClF4N5O. The molecule has 148 valence electrons. The predicted octanol–water partition coefficient (Wildman–Crippen LogP) is 4.31. The molecule has 0 atom stereocenters. The summed E-state index contributed by atoms with van der Waals surface area (Å²) in [7, 11) is 2.81. The monoisotopic (exact) mass is 415 g/mol. The van der Waals surface area contributed by atoms with Gasteiger partial charge in [0.25, 0.3) is 0 Å². The van der Waals surface area contributed by atoms with Crippen molar-refractivity contribution in [1.29, 1.82) is 0 Å². The molecule has 0 saturated heterocycles. The van der Waals surface area contributed by atoms with Gasteiger partial charge in [0.15, 0.2) is 17.3 Å². The van der Waals surface area contributed by atoms with E-state index in [4.69, 9.17) is 16.3 Å². The molecule has 2 heterocycles. The maximum atomic E-state index is 14.5. The van der Waals surface area contributed by atoms with E-state index in [-0.39, 0.29) is 23.2 Å². The third-order valence-corrected chi connectivity index (χ3v) is 4.03. The Morgan fingerprint density at radius 2 is 2.00 bits per heavy atom. The van der Waals surface area contributed by atoms with E-state index in [1.165, 1.54) is 32.5 Å². The molecule has 0 unspecified atom stereocenters. The Morgan fingerprint density at radius 3 is 2.61 bits per heavy atom. The average Bonchev–Trinajstić information content (AvgIpc) is 3.02. The molecule has 1 N–H and O–H groups in total. The third kappa shape index (κ3) is 4.16. The van der Waals surface area contributed by atoms with Crippen LogP contribution in [0.5, 0.6) is 5.75 Å². The molecule has 6 nitrogen and oxygen atoms in total. The van der Waals surface area contributed by atoms with Crippen molar-refractivity contribution in [1.82, 2.24) is 19.5 Å². The topological polar surface area (TPSA) is 64.9 Å². The summed E-state index contributed by atoms with van der Waals surface area (Å²) in [6.45, 7) is 0.176. The Balaban J connectivity index is 1.82. The third-order valence-electron chi connectivity index (χ3n) is 3.85. The van der Waals surface area contributed by atoms with Gasteiger partial charge in [0.1, 0.15) is 11.6 Å². The number of benzene rings is 1. The molecule has 0 amide bonds. The zero-order chi connectivity index (χ0) is 20.5. The van der Waals surface area contributed by atoms with Gasteiger partial charge in [-0.3, -0.25) is 0 Å². The van der Waals surface area contributed by atoms with Crippen molar-refractivity contribution in [3.8, 4) is 17.1 Å². The molecule has 0 spiro atoms. The van der Waals surface area contributed by atoms with Crippen LogP contribution in [0.25, 0.3) is 11.4 Å². The molecule has 0 aliphatic heterocycles. The van der Waals surface area contributed by atoms with Gasteiger partial charge < -0.3 is 14.6 Å². The standard InChI is InChI=1S/C17H14ClF4N5O/c1-27-8-13(17(20,21)22)25-15(27)10-4-3-9(5-11(10)19)6-23-14-12(28-2)7-24-16(18)26-14/h3-5,7-8H,6H2,1-2H3,(H,23,24,26). The summed E-state index contributed by atoms with van der Waals surface area (Å²) in [5.74, 6) is -0.136. The first-order valence-corrected chi connectivity index (χ1v) is 8.26. The molecular weight excluding hydrogens is 402 g/mol. The minimum Gasteiger partial charge on any atom is -0.491 e. The number of aryl methyl sites for hydroxylation is 1. The molecule has 1 aromatic carbocycles. The fourth-order valence-corrected chi connectivity index (χ4v) is 2.65. The van der Waals surface area contributed by atoms with Crippen LogP contribution >= 0.6 is 11.6 Å². The van der Waals surface area contributed by atoms with E-state index in [2.05, 4.69) is 20.3 Å². The quantitative estimate of drug-likeness (QED) is 0.497. The minimum atomic E-state index is -4.60. The molecule has 0 saturated carbocycles. The van der Waals surface area contributed by atoms with Crippen molar-refractivity contribution in [2.45, 2.75) is 12.7 Å². The second-order valence-corrected chi connectivity index (χ2v) is 6.12. The van der Waals surface area contributed by atoms with Crippen molar-refractivity contribution in [2.75, 3.05) is 12.4 Å².